The Kier molecular flexibility index (Phi) is 6.95. The van der Waals surface area contributed by atoms with Gasteiger partial charge in [-0.2, -0.15) is 4.39 Å². The molecule has 0 spiro atoms. The third-order valence-corrected chi connectivity index (χ3v) is 3.63. The average molecular weight is 376 g/mol. The van der Waals surface area contributed by atoms with E-state index >= 15 is 0 Å². The minimum absolute atomic E-state index is 0.191. The Morgan fingerprint density at radius 3 is 2.52 bits per heavy atom. The lowest BCUT2D eigenvalue weighted by atomic mass is 10.0. The zero-order valence-electron chi connectivity index (χ0n) is 14.1. The molecule has 27 heavy (non-hydrogen) atoms. The first-order valence-corrected chi connectivity index (χ1v) is 7.93. The van der Waals surface area contributed by atoms with Crippen LogP contribution in [-0.2, 0) is 27.4 Å². The van der Waals surface area contributed by atoms with Gasteiger partial charge >= 0.3 is 11.7 Å². The van der Waals surface area contributed by atoms with Gasteiger partial charge in [0.15, 0.2) is 0 Å². The van der Waals surface area contributed by atoms with Crippen molar-refractivity contribution in [1.29, 1.82) is 0 Å². The van der Waals surface area contributed by atoms with E-state index in [-0.39, 0.29) is 25.2 Å². The van der Waals surface area contributed by atoms with Crippen molar-refractivity contribution in [2.75, 3.05) is 6.61 Å². The van der Waals surface area contributed by atoms with E-state index in [0.29, 0.717) is 0 Å². The number of benzene rings is 2. The lowest BCUT2D eigenvalue weighted by Crippen LogP contribution is -2.43. The first kappa shape index (κ1) is 20.0. The van der Waals surface area contributed by atoms with Gasteiger partial charge in [-0.1, -0.05) is 36.4 Å². The Hall–Kier alpha value is -3.33. The van der Waals surface area contributed by atoms with Gasteiger partial charge in [0, 0.05) is 12.5 Å². The average Bonchev–Trinajstić information content (AvgIpc) is 2.63. The van der Waals surface area contributed by atoms with Gasteiger partial charge in [0.25, 0.3) is 0 Å². The van der Waals surface area contributed by atoms with Crippen molar-refractivity contribution in [3.63, 3.8) is 0 Å². The summed E-state index contributed by atoms with van der Waals surface area (Å²) < 4.78 is 18.6. The largest absolute Gasteiger partial charge is 0.480 e. The van der Waals surface area contributed by atoms with Crippen LogP contribution in [0.4, 0.5) is 10.1 Å². The van der Waals surface area contributed by atoms with Gasteiger partial charge in [-0.15, -0.1) is 0 Å². The highest BCUT2D eigenvalue weighted by atomic mass is 19.1. The van der Waals surface area contributed by atoms with E-state index in [2.05, 4.69) is 5.32 Å². The smallest absolute Gasteiger partial charge is 0.326 e. The standard InChI is InChI=1S/C18H17FN2O6/c19-14-7-6-13(9-16(14)21(25)26)8-15(18(23)24)20-17(22)11-27-10-12-4-2-1-3-5-12/h1-7,9,15H,8,10-11H2,(H,20,22)(H,23,24)/t15-/m1/s1. The lowest BCUT2D eigenvalue weighted by molar-refractivity contribution is -0.387. The Labute approximate surface area is 153 Å². The molecule has 1 amide bonds. The lowest BCUT2D eigenvalue weighted by Gasteiger charge is -2.15. The summed E-state index contributed by atoms with van der Waals surface area (Å²) in [5.74, 6) is -2.98. The number of aliphatic carboxylic acids is 1. The first-order valence-electron chi connectivity index (χ1n) is 7.93. The highest BCUT2D eigenvalue weighted by molar-refractivity contribution is 5.84. The number of nitrogens with one attached hydrogen (secondary N) is 1. The van der Waals surface area contributed by atoms with Gasteiger partial charge in [-0.25, -0.2) is 4.79 Å². The van der Waals surface area contributed by atoms with Gasteiger partial charge in [0.2, 0.25) is 11.7 Å². The molecule has 0 unspecified atom stereocenters. The summed E-state index contributed by atoms with van der Waals surface area (Å²) in [5, 5.41) is 22.3. The molecule has 0 bridgehead atoms. The molecule has 2 aromatic carbocycles. The Morgan fingerprint density at radius 2 is 1.89 bits per heavy atom. The number of halogens is 1. The summed E-state index contributed by atoms with van der Waals surface area (Å²) in [4.78, 5) is 33.1. The molecule has 0 saturated heterocycles. The number of carboxylic acids is 1. The van der Waals surface area contributed by atoms with E-state index in [1.807, 2.05) is 30.3 Å². The van der Waals surface area contributed by atoms with E-state index < -0.39 is 34.3 Å². The van der Waals surface area contributed by atoms with Crippen molar-refractivity contribution in [3.05, 3.63) is 75.6 Å². The van der Waals surface area contributed by atoms with Gasteiger partial charge in [0.05, 0.1) is 11.5 Å². The fraction of sp³-hybridized carbons (Fsp3) is 0.222. The minimum atomic E-state index is -1.33. The molecule has 2 rings (SSSR count). The summed E-state index contributed by atoms with van der Waals surface area (Å²) in [6.45, 7) is -0.154. The van der Waals surface area contributed by atoms with Crippen molar-refractivity contribution in [1.82, 2.24) is 5.32 Å². The topological polar surface area (TPSA) is 119 Å². The molecule has 8 nitrogen and oxygen atoms in total. The molecule has 0 heterocycles. The van der Waals surface area contributed by atoms with E-state index in [1.165, 1.54) is 6.07 Å². The van der Waals surface area contributed by atoms with Crippen LogP contribution in [0.2, 0.25) is 0 Å². The van der Waals surface area contributed by atoms with Crippen LogP contribution in [0.1, 0.15) is 11.1 Å². The van der Waals surface area contributed by atoms with Crippen molar-refractivity contribution < 1.29 is 28.7 Å². The highest BCUT2D eigenvalue weighted by Gasteiger charge is 2.22. The number of nitro groups is 1. The highest BCUT2D eigenvalue weighted by Crippen LogP contribution is 2.19. The second kappa shape index (κ2) is 9.39. The normalized spacial score (nSPS) is 11.6. The monoisotopic (exact) mass is 376 g/mol. The number of carbonyl (C=O) groups excluding carboxylic acids is 1. The Morgan fingerprint density at radius 1 is 1.19 bits per heavy atom. The fourth-order valence-corrected chi connectivity index (χ4v) is 2.33. The second-order valence-electron chi connectivity index (χ2n) is 5.68. The number of rotatable bonds is 9. The maximum Gasteiger partial charge on any atom is 0.326 e. The van der Waals surface area contributed by atoms with Crippen LogP contribution in [0.5, 0.6) is 0 Å². The van der Waals surface area contributed by atoms with Crippen molar-refractivity contribution in [2.45, 2.75) is 19.1 Å². The molecule has 142 valence electrons. The second-order valence-corrected chi connectivity index (χ2v) is 5.68. The summed E-state index contributed by atoms with van der Waals surface area (Å²) in [7, 11) is 0. The summed E-state index contributed by atoms with van der Waals surface area (Å²) >= 11 is 0. The van der Waals surface area contributed by atoms with Crippen LogP contribution < -0.4 is 5.32 Å². The van der Waals surface area contributed by atoms with Crippen molar-refractivity contribution in [2.24, 2.45) is 0 Å². The first-order chi connectivity index (χ1) is 12.9. The van der Waals surface area contributed by atoms with Crippen molar-refractivity contribution >= 4 is 17.6 Å². The quantitative estimate of drug-likeness (QED) is 0.511. The molecule has 0 saturated carbocycles. The van der Waals surface area contributed by atoms with E-state index in [4.69, 9.17) is 4.74 Å². The summed E-state index contributed by atoms with van der Waals surface area (Å²) in [6, 6.07) is 10.9. The molecule has 0 aromatic heterocycles. The fourth-order valence-electron chi connectivity index (χ4n) is 2.33. The van der Waals surface area contributed by atoms with Crippen LogP contribution in [0.3, 0.4) is 0 Å². The van der Waals surface area contributed by atoms with Crippen LogP contribution in [0.15, 0.2) is 48.5 Å². The van der Waals surface area contributed by atoms with Gasteiger partial charge < -0.3 is 15.2 Å². The zero-order chi connectivity index (χ0) is 19.8. The van der Waals surface area contributed by atoms with Crippen molar-refractivity contribution in [3.8, 4) is 0 Å². The molecule has 2 N–H and O–H groups in total. The minimum Gasteiger partial charge on any atom is -0.480 e. The van der Waals surface area contributed by atoms with Gasteiger partial charge in [-0.3, -0.25) is 14.9 Å². The predicted octanol–water partition coefficient (Wildman–Crippen LogP) is 2.06. The molecule has 9 heteroatoms. The molecule has 0 aliphatic heterocycles. The maximum absolute atomic E-state index is 13.4. The molecule has 0 radical (unpaired) electrons. The molecular formula is C18H17FN2O6. The predicted molar refractivity (Wildman–Crippen MR) is 92.4 cm³/mol. The number of ether oxygens (including phenoxy) is 1. The van der Waals surface area contributed by atoms with E-state index in [1.54, 1.807) is 0 Å². The summed E-state index contributed by atoms with van der Waals surface area (Å²) in [6.07, 6.45) is -0.235. The third-order valence-electron chi connectivity index (χ3n) is 3.63. The molecule has 0 fully saturated rings. The molecule has 1 atom stereocenters. The van der Waals surface area contributed by atoms with E-state index in [9.17, 15) is 29.2 Å². The number of nitro benzene ring substituents is 1. The van der Waals surface area contributed by atoms with E-state index in [0.717, 1.165) is 17.7 Å². The number of amides is 1. The molecule has 0 aliphatic carbocycles. The number of hydrogen-bond acceptors (Lipinski definition) is 5. The third kappa shape index (κ3) is 6.15. The number of nitrogens with zero attached hydrogens (tertiary/aromatic N) is 1. The zero-order valence-corrected chi connectivity index (χ0v) is 14.1. The molecule has 0 aliphatic rings. The van der Waals surface area contributed by atoms with Gasteiger partial charge in [-0.05, 0) is 17.2 Å². The number of carbonyl (C=O) groups is 2. The van der Waals surface area contributed by atoms with Crippen LogP contribution in [0.25, 0.3) is 0 Å². The van der Waals surface area contributed by atoms with Crippen LogP contribution in [0, 0.1) is 15.9 Å². The SMILES string of the molecule is O=C(COCc1ccccc1)N[C@H](Cc1ccc(F)c([N+](=O)[O-])c1)C(=O)O. The van der Waals surface area contributed by atoms with Gasteiger partial charge in [0.1, 0.15) is 12.6 Å². The molecule has 2 aromatic rings. The number of carboxylic acid groups (broad SMARTS) is 1. The molecular weight excluding hydrogens is 359 g/mol. The summed E-state index contributed by atoms with van der Waals surface area (Å²) in [5.41, 5.74) is 0.314. The van der Waals surface area contributed by atoms with Crippen LogP contribution in [-0.4, -0.2) is 34.6 Å². The Balaban J connectivity index is 1.93. The number of hydrogen-bond donors (Lipinski definition) is 2. The van der Waals surface area contributed by atoms with Crippen LogP contribution >= 0.6 is 0 Å². The Bertz CT molecular complexity index is 828. The maximum atomic E-state index is 13.4.